The van der Waals surface area contributed by atoms with Crippen molar-refractivity contribution in [2.75, 3.05) is 39.5 Å². The van der Waals surface area contributed by atoms with Crippen molar-refractivity contribution in [2.45, 2.75) is 160 Å². The summed E-state index contributed by atoms with van der Waals surface area (Å²) in [5, 5.41) is 9.32. The zero-order chi connectivity index (χ0) is 44.1. The van der Waals surface area contributed by atoms with Gasteiger partial charge in [0.25, 0.3) is 5.91 Å². The van der Waals surface area contributed by atoms with Gasteiger partial charge >= 0.3 is 10.2 Å². The standard InChI is InChI=1S/C46H71FN6O8S/c1-4-33-27-46(33,42(58)51-62(59,60)52-23-10-11-24-52)50-39(55)35-28-45(43(2,3)44(45)20-12-21-44)29-53(35)41(57)37(32-18-25-61-26-19-32)49-40(56)36(31-14-6-5-7-15-31)48-38(54)34-16-9-8-13-30(34)17-22-47/h4,30-37H,1,5-29H2,2-3H3,(H,48,54)(H,49,56)(H,50,55)(H,51,58)/t30?,33-,34-,35+,36?,37+,45-,46-/m1/s1. The van der Waals surface area contributed by atoms with Crippen molar-refractivity contribution >= 4 is 39.7 Å². The molecule has 3 saturated heterocycles. The highest BCUT2D eigenvalue weighted by atomic mass is 32.2. The third kappa shape index (κ3) is 7.91. The van der Waals surface area contributed by atoms with E-state index >= 15 is 4.79 Å². The molecule has 5 aliphatic carbocycles. The monoisotopic (exact) mass is 887 g/mol. The number of carbonyl (C=O) groups excluding carboxylic acids is 5. The number of ether oxygens (including phenoxy) is 1. The lowest BCUT2D eigenvalue weighted by molar-refractivity contribution is -0.145. The minimum Gasteiger partial charge on any atom is -0.381 e. The second-order valence-electron chi connectivity index (χ2n) is 20.8. The molecule has 16 heteroatoms. The van der Waals surface area contributed by atoms with Crippen LogP contribution < -0.4 is 20.7 Å². The first-order valence-corrected chi connectivity index (χ1v) is 25.4. The van der Waals surface area contributed by atoms with Gasteiger partial charge in [-0.15, -0.1) is 6.58 Å². The summed E-state index contributed by atoms with van der Waals surface area (Å²) in [5.41, 5.74) is -2.10. The van der Waals surface area contributed by atoms with Crippen molar-refractivity contribution in [1.82, 2.24) is 29.9 Å². The van der Waals surface area contributed by atoms with Gasteiger partial charge < -0.3 is 25.6 Å². The molecule has 3 aliphatic heterocycles. The zero-order valence-corrected chi connectivity index (χ0v) is 37.8. The van der Waals surface area contributed by atoms with E-state index < -0.39 is 64.2 Å². The minimum absolute atomic E-state index is 0.0391. The van der Waals surface area contributed by atoms with E-state index in [4.69, 9.17) is 4.74 Å². The molecule has 5 saturated carbocycles. The largest absolute Gasteiger partial charge is 0.381 e. The molecular formula is C46H71FN6O8S. The van der Waals surface area contributed by atoms with Gasteiger partial charge in [0, 0.05) is 50.1 Å². The van der Waals surface area contributed by atoms with Gasteiger partial charge in [-0.3, -0.25) is 28.4 Å². The van der Waals surface area contributed by atoms with E-state index in [0.717, 1.165) is 70.6 Å². The van der Waals surface area contributed by atoms with Crippen LogP contribution in [0.4, 0.5) is 4.39 Å². The number of fused-ring (bicyclic) bond motifs is 1. The molecule has 3 heterocycles. The summed E-state index contributed by atoms with van der Waals surface area (Å²) in [5.74, 6) is -3.69. The molecule has 0 aromatic carbocycles. The lowest BCUT2D eigenvalue weighted by Crippen LogP contribution is -2.62. The Morgan fingerprint density at radius 2 is 1.47 bits per heavy atom. The molecule has 62 heavy (non-hydrogen) atoms. The topological polar surface area (TPSA) is 183 Å². The van der Waals surface area contributed by atoms with Crippen molar-refractivity contribution in [3.05, 3.63) is 12.7 Å². The van der Waals surface area contributed by atoms with Gasteiger partial charge in [0.2, 0.25) is 23.6 Å². The molecule has 8 rings (SSSR count). The Labute approximate surface area is 367 Å². The molecule has 0 aromatic heterocycles. The summed E-state index contributed by atoms with van der Waals surface area (Å²) >= 11 is 0. The van der Waals surface area contributed by atoms with E-state index in [0.29, 0.717) is 77.8 Å². The average Bonchev–Trinajstić information content (AvgIpc) is 3.70. The lowest BCUT2D eigenvalue weighted by Gasteiger charge is -2.38. The van der Waals surface area contributed by atoms with Crippen molar-refractivity contribution in [1.29, 1.82) is 0 Å². The van der Waals surface area contributed by atoms with Crippen LogP contribution in [0.1, 0.15) is 136 Å². The molecule has 4 N–H and O–H groups in total. The number of halogens is 1. The number of amides is 5. The quantitative estimate of drug-likeness (QED) is 0.174. The van der Waals surface area contributed by atoms with Crippen LogP contribution in [0.15, 0.2) is 12.7 Å². The van der Waals surface area contributed by atoms with Gasteiger partial charge in [-0.1, -0.05) is 58.4 Å². The molecule has 2 spiro atoms. The molecule has 8 fully saturated rings. The number of rotatable bonds is 15. The summed E-state index contributed by atoms with van der Waals surface area (Å²) in [4.78, 5) is 74.8. The first-order chi connectivity index (χ1) is 29.6. The van der Waals surface area contributed by atoms with Crippen LogP contribution in [0.25, 0.3) is 0 Å². The molecular weight excluding hydrogens is 816 g/mol. The maximum Gasteiger partial charge on any atom is 0.303 e. The van der Waals surface area contributed by atoms with E-state index in [-0.39, 0.29) is 58.2 Å². The fraction of sp³-hybridized carbons (Fsp3) is 0.848. The molecule has 8 atom stereocenters. The van der Waals surface area contributed by atoms with Gasteiger partial charge in [0.15, 0.2) is 0 Å². The minimum atomic E-state index is -4.13. The highest BCUT2D eigenvalue weighted by Crippen LogP contribution is 2.88. The van der Waals surface area contributed by atoms with Crippen LogP contribution in [0, 0.1) is 45.8 Å². The van der Waals surface area contributed by atoms with Gasteiger partial charge in [-0.2, -0.15) is 12.7 Å². The second kappa shape index (κ2) is 17.7. The maximum atomic E-state index is 15.5. The Kier molecular flexibility index (Phi) is 13.0. The highest BCUT2D eigenvalue weighted by molar-refractivity contribution is 7.87. The molecule has 5 amide bonds. The summed E-state index contributed by atoms with van der Waals surface area (Å²) in [7, 11) is -4.13. The zero-order valence-electron chi connectivity index (χ0n) is 37.0. The summed E-state index contributed by atoms with van der Waals surface area (Å²) in [6.45, 7) is 9.59. The van der Waals surface area contributed by atoms with Crippen LogP contribution in [0.5, 0.6) is 0 Å². The highest BCUT2D eigenvalue weighted by Gasteiger charge is 2.85. The first kappa shape index (κ1) is 45.5. The summed E-state index contributed by atoms with van der Waals surface area (Å²) in [6.07, 6.45) is 15.6. The van der Waals surface area contributed by atoms with Gasteiger partial charge in [0.05, 0.1) is 6.67 Å². The van der Waals surface area contributed by atoms with Gasteiger partial charge in [0.1, 0.15) is 23.7 Å². The Bertz CT molecular complexity index is 1860. The van der Waals surface area contributed by atoms with Crippen LogP contribution in [-0.4, -0.2) is 110 Å². The summed E-state index contributed by atoms with van der Waals surface area (Å²) < 4.78 is 49.3. The van der Waals surface area contributed by atoms with E-state index in [1.807, 2.05) is 0 Å². The fourth-order valence-electron chi connectivity index (χ4n) is 13.6. The second-order valence-corrected chi connectivity index (χ2v) is 22.5. The van der Waals surface area contributed by atoms with E-state index in [2.05, 4.69) is 41.1 Å². The molecule has 8 aliphatic rings. The predicted molar refractivity (Wildman–Crippen MR) is 230 cm³/mol. The third-order valence-corrected chi connectivity index (χ3v) is 19.3. The van der Waals surface area contributed by atoms with E-state index in [9.17, 15) is 32.0 Å². The number of alkyl halides is 1. The van der Waals surface area contributed by atoms with Crippen molar-refractivity contribution in [3.63, 3.8) is 0 Å². The molecule has 14 nitrogen and oxygen atoms in total. The van der Waals surface area contributed by atoms with Crippen LogP contribution in [-0.2, 0) is 38.9 Å². The van der Waals surface area contributed by atoms with Crippen molar-refractivity contribution in [2.24, 2.45) is 45.8 Å². The number of likely N-dealkylation sites (tertiary alicyclic amines) is 1. The van der Waals surface area contributed by atoms with Crippen molar-refractivity contribution in [3.8, 4) is 0 Å². The van der Waals surface area contributed by atoms with E-state index in [1.54, 1.807) is 11.0 Å². The number of carbonyl (C=O) groups is 5. The maximum absolute atomic E-state index is 15.5. The molecule has 2 unspecified atom stereocenters. The van der Waals surface area contributed by atoms with Gasteiger partial charge in [-0.05, 0) is 112 Å². The molecule has 0 bridgehead atoms. The fourth-order valence-corrected chi connectivity index (χ4v) is 14.9. The van der Waals surface area contributed by atoms with Crippen LogP contribution in [0.3, 0.4) is 0 Å². The summed E-state index contributed by atoms with van der Waals surface area (Å²) in [6, 6.07) is -2.84. The molecule has 0 aromatic rings. The van der Waals surface area contributed by atoms with Gasteiger partial charge in [-0.25, -0.2) is 4.72 Å². The van der Waals surface area contributed by atoms with Crippen LogP contribution in [0.2, 0.25) is 0 Å². The normalized spacial score (nSPS) is 34.1. The predicted octanol–water partition coefficient (Wildman–Crippen LogP) is 4.44. The smallest absolute Gasteiger partial charge is 0.303 e. The Morgan fingerprint density at radius 1 is 0.806 bits per heavy atom. The van der Waals surface area contributed by atoms with Crippen LogP contribution >= 0.6 is 0 Å². The Balaban J connectivity index is 1.07. The Morgan fingerprint density at radius 3 is 2.08 bits per heavy atom. The lowest BCUT2D eigenvalue weighted by atomic mass is 9.73. The Hall–Kier alpha value is -3.11. The van der Waals surface area contributed by atoms with E-state index in [1.165, 1.54) is 4.31 Å². The average molecular weight is 887 g/mol. The number of hydrogen-bond donors (Lipinski definition) is 4. The SMILES string of the molecule is C=C[C@@H]1C[C@]1(NC(=O)[C@@H]1C[C@@]2(CN1C(=O)[C@@H](NC(=O)C(NC(=O)[C@@H]1CCCCC1CCF)C1CCCCC1)C1CCOCC1)C(C)(C)C21CCC1)C(=O)NS(=O)(=O)N1CCCC1. The first-order valence-electron chi connectivity index (χ1n) is 24.0. The van der Waals surface area contributed by atoms with Crippen molar-refractivity contribution < 1.29 is 41.5 Å². The molecule has 346 valence electrons. The number of nitrogens with zero attached hydrogens (tertiary/aromatic N) is 2. The number of hydrogen-bond acceptors (Lipinski definition) is 8. The number of nitrogens with one attached hydrogen (secondary N) is 4. The third-order valence-electron chi connectivity index (χ3n) is 17.8. The molecule has 0 radical (unpaired) electrons.